The lowest BCUT2D eigenvalue weighted by Crippen LogP contribution is -2.54. The van der Waals surface area contributed by atoms with E-state index in [2.05, 4.69) is 58.9 Å². The van der Waals surface area contributed by atoms with Crippen molar-refractivity contribution in [2.75, 3.05) is 5.32 Å². The van der Waals surface area contributed by atoms with E-state index >= 15 is 0 Å². The van der Waals surface area contributed by atoms with Gasteiger partial charge >= 0.3 is 0 Å². The highest BCUT2D eigenvalue weighted by molar-refractivity contribution is 7.14. The molecular formula is C24H31N5OS. The highest BCUT2D eigenvalue weighted by Gasteiger charge is 2.49. The normalized spacial score (nSPS) is 21.6. The summed E-state index contributed by atoms with van der Waals surface area (Å²) in [7, 11) is 0. The minimum atomic E-state index is -1.52. The molecule has 2 unspecified atom stereocenters. The van der Waals surface area contributed by atoms with Gasteiger partial charge in [0.1, 0.15) is 5.69 Å². The lowest BCUT2D eigenvalue weighted by Gasteiger charge is -2.45. The summed E-state index contributed by atoms with van der Waals surface area (Å²) < 4.78 is 0. The van der Waals surface area contributed by atoms with E-state index in [1.807, 2.05) is 6.07 Å². The zero-order valence-electron chi connectivity index (χ0n) is 17.7. The summed E-state index contributed by atoms with van der Waals surface area (Å²) in [6.45, 7) is 0. The number of aromatic nitrogens is 1. The van der Waals surface area contributed by atoms with E-state index in [4.69, 9.17) is 17.2 Å². The number of hydrogen-bond donors (Lipinski definition) is 4. The fourth-order valence-corrected chi connectivity index (χ4v) is 5.88. The molecule has 1 amide bonds. The van der Waals surface area contributed by atoms with Crippen LogP contribution in [-0.4, -0.2) is 10.9 Å². The molecule has 0 radical (unpaired) electrons. The molecule has 2 aliphatic carbocycles. The smallest absolute Gasteiger partial charge is 0.233 e. The van der Waals surface area contributed by atoms with Crippen LogP contribution in [0.2, 0.25) is 0 Å². The molecule has 31 heavy (non-hydrogen) atoms. The monoisotopic (exact) mass is 437 g/mol. The standard InChI is InChI=1S/C24H31N5OS/c25-24(26,27)19-16-31-22(28-19)29-21(30)23(14-8-3-9-15-23)20(17-10-4-1-5-11-17)18-12-6-2-7-13-18/h1-2,4-7,10-12,16,18,20H,3,8-9,13-15,25-27H2,(H,28,29,30). The van der Waals surface area contributed by atoms with Crippen LogP contribution in [0.5, 0.6) is 0 Å². The van der Waals surface area contributed by atoms with Crippen LogP contribution in [-0.2, 0) is 10.6 Å². The fraction of sp³-hybridized carbons (Fsp3) is 0.417. The van der Waals surface area contributed by atoms with Gasteiger partial charge in [0.25, 0.3) is 0 Å². The zero-order valence-corrected chi connectivity index (χ0v) is 18.5. The molecule has 0 bridgehead atoms. The summed E-state index contributed by atoms with van der Waals surface area (Å²) in [5.74, 6) is -1.13. The molecule has 0 spiro atoms. The van der Waals surface area contributed by atoms with Gasteiger partial charge in [-0.15, -0.1) is 11.3 Å². The van der Waals surface area contributed by atoms with Crippen LogP contribution in [0.15, 0.2) is 60.0 Å². The van der Waals surface area contributed by atoms with Gasteiger partial charge in [-0.3, -0.25) is 22.0 Å². The molecule has 6 nitrogen and oxygen atoms in total. The van der Waals surface area contributed by atoms with E-state index in [1.165, 1.54) is 16.9 Å². The quantitative estimate of drug-likeness (QED) is 0.510. The van der Waals surface area contributed by atoms with Gasteiger partial charge in [-0.25, -0.2) is 4.98 Å². The van der Waals surface area contributed by atoms with Crippen LogP contribution < -0.4 is 22.5 Å². The van der Waals surface area contributed by atoms with Gasteiger partial charge in [-0.05, 0) is 30.7 Å². The minimum Gasteiger partial charge on any atom is -0.301 e. The van der Waals surface area contributed by atoms with Crippen molar-refractivity contribution in [2.24, 2.45) is 28.5 Å². The first kappa shape index (κ1) is 21.9. The number of hydrogen-bond acceptors (Lipinski definition) is 6. The molecule has 7 N–H and O–H groups in total. The van der Waals surface area contributed by atoms with Gasteiger partial charge < -0.3 is 5.32 Å². The van der Waals surface area contributed by atoms with Crippen molar-refractivity contribution in [2.45, 2.75) is 50.2 Å². The summed E-state index contributed by atoms with van der Waals surface area (Å²) in [6.07, 6.45) is 14.6. The van der Waals surface area contributed by atoms with Crippen LogP contribution >= 0.6 is 11.3 Å². The van der Waals surface area contributed by atoms with Crippen molar-refractivity contribution >= 4 is 22.4 Å². The fourth-order valence-electron chi connectivity index (χ4n) is 5.10. The SMILES string of the molecule is NC(N)(N)c1csc(NC(=O)C2(C(c3ccccc3)C3C=CC=CC3)CCCCC2)n1. The Kier molecular flexibility index (Phi) is 6.39. The molecule has 1 saturated carbocycles. The minimum absolute atomic E-state index is 0.0292. The molecule has 2 aliphatic rings. The lowest BCUT2D eigenvalue weighted by atomic mass is 9.58. The number of thiazole rings is 1. The maximum Gasteiger partial charge on any atom is 0.233 e. The largest absolute Gasteiger partial charge is 0.301 e. The van der Waals surface area contributed by atoms with Crippen molar-refractivity contribution in [3.05, 3.63) is 71.3 Å². The molecule has 1 aromatic heterocycles. The van der Waals surface area contributed by atoms with Crippen molar-refractivity contribution in [3.8, 4) is 0 Å². The number of anilines is 1. The third-order valence-electron chi connectivity index (χ3n) is 6.56. The van der Waals surface area contributed by atoms with Gasteiger partial charge in [0.15, 0.2) is 10.9 Å². The summed E-state index contributed by atoms with van der Waals surface area (Å²) in [4.78, 5) is 18.3. The molecule has 1 aromatic carbocycles. The Balaban J connectivity index is 1.70. The Morgan fingerprint density at radius 1 is 1.13 bits per heavy atom. The summed E-state index contributed by atoms with van der Waals surface area (Å²) in [5, 5.41) is 5.28. The molecular weight excluding hydrogens is 406 g/mol. The Hall–Kier alpha value is -2.32. The van der Waals surface area contributed by atoms with E-state index in [0.717, 1.165) is 38.5 Å². The number of amides is 1. The van der Waals surface area contributed by atoms with Gasteiger partial charge in [-0.1, -0.05) is 73.9 Å². The molecule has 2 aromatic rings. The third-order valence-corrected chi connectivity index (χ3v) is 7.32. The number of allylic oxidation sites excluding steroid dienone is 4. The summed E-state index contributed by atoms with van der Waals surface area (Å²) in [6, 6.07) is 10.5. The number of nitrogens with zero attached hydrogens (tertiary/aromatic N) is 1. The van der Waals surface area contributed by atoms with Crippen molar-refractivity contribution in [1.82, 2.24) is 4.98 Å². The number of rotatable bonds is 6. The molecule has 0 saturated heterocycles. The third kappa shape index (κ3) is 4.65. The van der Waals surface area contributed by atoms with Crippen LogP contribution in [0, 0.1) is 11.3 Å². The Morgan fingerprint density at radius 2 is 1.87 bits per heavy atom. The van der Waals surface area contributed by atoms with Crippen LogP contribution in [0.4, 0.5) is 5.13 Å². The first-order valence-corrected chi connectivity index (χ1v) is 11.8. The van der Waals surface area contributed by atoms with E-state index in [-0.39, 0.29) is 17.7 Å². The van der Waals surface area contributed by atoms with Gasteiger partial charge in [0.2, 0.25) is 5.91 Å². The van der Waals surface area contributed by atoms with Crippen molar-refractivity contribution in [1.29, 1.82) is 0 Å². The molecule has 2 atom stereocenters. The molecule has 4 rings (SSSR count). The maximum atomic E-state index is 13.9. The topological polar surface area (TPSA) is 120 Å². The zero-order chi connectivity index (χ0) is 21.9. The second kappa shape index (κ2) is 9.04. The first-order valence-electron chi connectivity index (χ1n) is 10.9. The second-order valence-corrected chi connectivity index (χ2v) is 9.60. The number of nitrogens with one attached hydrogen (secondary N) is 1. The molecule has 1 fully saturated rings. The van der Waals surface area contributed by atoms with Gasteiger partial charge in [-0.2, -0.15) is 0 Å². The van der Waals surface area contributed by atoms with Gasteiger partial charge in [0, 0.05) is 11.3 Å². The summed E-state index contributed by atoms with van der Waals surface area (Å²) >= 11 is 1.30. The number of nitrogens with two attached hydrogens (primary N) is 3. The maximum absolute atomic E-state index is 13.9. The summed E-state index contributed by atoms with van der Waals surface area (Å²) in [5.41, 5.74) is 18.4. The highest BCUT2D eigenvalue weighted by Crippen LogP contribution is 2.53. The predicted molar refractivity (Wildman–Crippen MR) is 126 cm³/mol. The van der Waals surface area contributed by atoms with E-state index in [1.54, 1.807) is 5.38 Å². The molecule has 1 heterocycles. The Morgan fingerprint density at radius 3 is 2.48 bits per heavy atom. The van der Waals surface area contributed by atoms with Gasteiger partial charge in [0.05, 0.1) is 5.41 Å². The first-order chi connectivity index (χ1) is 14.9. The lowest BCUT2D eigenvalue weighted by molar-refractivity contribution is -0.129. The van der Waals surface area contributed by atoms with Crippen molar-refractivity contribution in [3.63, 3.8) is 0 Å². The Labute approximate surface area is 187 Å². The number of benzene rings is 1. The second-order valence-electron chi connectivity index (χ2n) is 8.74. The molecule has 0 aliphatic heterocycles. The predicted octanol–water partition coefficient (Wildman–Crippen LogP) is 3.93. The van der Waals surface area contributed by atoms with E-state index in [9.17, 15) is 4.79 Å². The number of carbonyl (C=O) groups excluding carboxylic acids is 1. The van der Waals surface area contributed by atoms with Crippen LogP contribution in [0.25, 0.3) is 0 Å². The van der Waals surface area contributed by atoms with Crippen LogP contribution in [0.1, 0.15) is 55.7 Å². The number of carbonyl (C=O) groups is 1. The average Bonchev–Trinajstić information content (AvgIpc) is 3.25. The molecule has 7 heteroatoms. The van der Waals surface area contributed by atoms with E-state index < -0.39 is 11.2 Å². The van der Waals surface area contributed by atoms with Crippen LogP contribution in [0.3, 0.4) is 0 Å². The average molecular weight is 438 g/mol. The van der Waals surface area contributed by atoms with E-state index in [0.29, 0.717) is 10.8 Å². The Bertz CT molecular complexity index is 954. The molecule has 164 valence electrons. The highest BCUT2D eigenvalue weighted by atomic mass is 32.1. The van der Waals surface area contributed by atoms with Crippen molar-refractivity contribution < 1.29 is 4.79 Å².